The van der Waals surface area contributed by atoms with Gasteiger partial charge in [0.05, 0.1) is 37.3 Å². The van der Waals surface area contributed by atoms with Crippen LogP contribution in [0, 0.1) is 11.7 Å². The second-order valence-corrected chi connectivity index (χ2v) is 9.58. The highest BCUT2D eigenvalue weighted by atomic mass is 35.5. The van der Waals surface area contributed by atoms with Crippen LogP contribution < -0.4 is 21.1 Å². The van der Waals surface area contributed by atoms with E-state index < -0.39 is 11.7 Å². The maximum Gasteiger partial charge on any atom is 0.288 e. The van der Waals surface area contributed by atoms with Crippen molar-refractivity contribution in [1.82, 2.24) is 30.3 Å². The molecule has 38 heavy (non-hydrogen) atoms. The van der Waals surface area contributed by atoms with E-state index in [1.807, 2.05) is 18.5 Å². The SMILES string of the molecule is CC1CC(c2cncnc2)C=C(Cl)C1Nc1ccc(C(=O)NNc2ncc(F)c(N3CCOCC3)n2)nc1. The van der Waals surface area contributed by atoms with E-state index in [4.69, 9.17) is 16.3 Å². The number of allylic oxidation sites excluding steroid dienone is 1. The monoisotopic (exact) mass is 539 g/mol. The summed E-state index contributed by atoms with van der Waals surface area (Å²) in [5.74, 6) is -0.421. The molecule has 3 aromatic rings. The first-order valence-electron chi connectivity index (χ1n) is 12.2. The third-order valence-electron chi connectivity index (χ3n) is 6.50. The molecule has 0 spiro atoms. The third kappa shape index (κ3) is 5.97. The van der Waals surface area contributed by atoms with Gasteiger partial charge in [0, 0.05) is 36.4 Å². The Balaban J connectivity index is 1.18. The number of hydrogen-bond acceptors (Lipinski definition) is 10. The Kier molecular flexibility index (Phi) is 7.89. The van der Waals surface area contributed by atoms with Crippen molar-refractivity contribution in [3.05, 3.63) is 71.4 Å². The highest BCUT2D eigenvalue weighted by Crippen LogP contribution is 2.37. The van der Waals surface area contributed by atoms with Gasteiger partial charge in [-0.15, -0.1) is 0 Å². The van der Waals surface area contributed by atoms with Crippen LogP contribution in [0.15, 0.2) is 54.4 Å². The molecule has 1 amide bonds. The summed E-state index contributed by atoms with van der Waals surface area (Å²) in [5, 5.41) is 4.12. The van der Waals surface area contributed by atoms with Gasteiger partial charge in [0.25, 0.3) is 5.91 Å². The molecule has 2 aliphatic rings. The predicted molar refractivity (Wildman–Crippen MR) is 140 cm³/mol. The van der Waals surface area contributed by atoms with E-state index in [9.17, 15) is 9.18 Å². The van der Waals surface area contributed by atoms with E-state index in [0.717, 1.165) is 23.9 Å². The number of morpholine rings is 1. The van der Waals surface area contributed by atoms with E-state index in [1.165, 1.54) is 6.33 Å². The second-order valence-electron chi connectivity index (χ2n) is 9.14. The number of nitrogens with zero attached hydrogens (tertiary/aromatic N) is 6. The minimum Gasteiger partial charge on any atom is -0.378 e. The molecule has 1 aliphatic carbocycles. The molecule has 1 saturated heterocycles. The second kappa shape index (κ2) is 11.7. The van der Waals surface area contributed by atoms with Gasteiger partial charge in [0.15, 0.2) is 11.6 Å². The highest BCUT2D eigenvalue weighted by Gasteiger charge is 2.29. The Morgan fingerprint density at radius 3 is 2.63 bits per heavy atom. The molecule has 5 rings (SSSR count). The number of hydrazine groups is 1. The summed E-state index contributed by atoms with van der Waals surface area (Å²) in [4.78, 5) is 34.9. The van der Waals surface area contributed by atoms with E-state index in [1.54, 1.807) is 23.2 Å². The summed E-state index contributed by atoms with van der Waals surface area (Å²) >= 11 is 6.64. The number of amides is 1. The maximum absolute atomic E-state index is 14.2. The van der Waals surface area contributed by atoms with Crippen LogP contribution in [0.2, 0.25) is 0 Å². The maximum atomic E-state index is 14.2. The average Bonchev–Trinajstić information content (AvgIpc) is 2.95. The van der Waals surface area contributed by atoms with Crippen LogP contribution in [-0.4, -0.2) is 63.2 Å². The molecule has 3 aromatic heterocycles. The molecule has 3 atom stereocenters. The Hall–Kier alpha value is -3.90. The summed E-state index contributed by atoms with van der Waals surface area (Å²) in [6, 6.07) is 3.28. The lowest BCUT2D eigenvalue weighted by atomic mass is 9.81. The van der Waals surface area contributed by atoms with Gasteiger partial charge >= 0.3 is 0 Å². The number of hydrogen-bond donors (Lipinski definition) is 3. The largest absolute Gasteiger partial charge is 0.378 e. The fourth-order valence-electron chi connectivity index (χ4n) is 4.50. The lowest BCUT2D eigenvalue weighted by molar-refractivity contribution is 0.0957. The molecule has 198 valence electrons. The van der Waals surface area contributed by atoms with Gasteiger partial charge in [0.2, 0.25) is 5.95 Å². The van der Waals surface area contributed by atoms with Crippen molar-refractivity contribution in [2.24, 2.45) is 5.92 Å². The van der Waals surface area contributed by atoms with Crippen molar-refractivity contribution >= 4 is 35.0 Å². The summed E-state index contributed by atoms with van der Waals surface area (Å²) in [7, 11) is 0. The van der Waals surface area contributed by atoms with Gasteiger partial charge in [-0.25, -0.2) is 24.3 Å². The van der Waals surface area contributed by atoms with Gasteiger partial charge in [-0.2, -0.15) is 4.98 Å². The van der Waals surface area contributed by atoms with Crippen LogP contribution in [0.25, 0.3) is 0 Å². The normalized spacial score (nSPS) is 21.4. The fraction of sp³-hybridized carbons (Fsp3) is 0.360. The van der Waals surface area contributed by atoms with Gasteiger partial charge in [0.1, 0.15) is 12.0 Å². The molecule has 0 saturated carbocycles. The van der Waals surface area contributed by atoms with E-state index in [0.29, 0.717) is 31.3 Å². The fourth-order valence-corrected chi connectivity index (χ4v) is 4.92. The predicted octanol–water partition coefficient (Wildman–Crippen LogP) is 3.12. The lowest BCUT2D eigenvalue weighted by Gasteiger charge is -2.33. The smallest absolute Gasteiger partial charge is 0.288 e. The number of aromatic nitrogens is 5. The van der Waals surface area contributed by atoms with Crippen molar-refractivity contribution < 1.29 is 13.9 Å². The third-order valence-corrected chi connectivity index (χ3v) is 6.86. The van der Waals surface area contributed by atoms with Crippen LogP contribution in [0.1, 0.15) is 35.3 Å². The van der Waals surface area contributed by atoms with Crippen LogP contribution >= 0.6 is 11.6 Å². The Bertz CT molecular complexity index is 1290. The number of carbonyl (C=O) groups excluding carboxylic acids is 1. The quantitative estimate of drug-likeness (QED) is 0.385. The molecule has 3 N–H and O–H groups in total. The minimum atomic E-state index is -0.541. The summed E-state index contributed by atoms with van der Waals surface area (Å²) in [6.45, 7) is 4.16. The highest BCUT2D eigenvalue weighted by molar-refractivity contribution is 6.30. The molecule has 1 fully saturated rings. The standard InChI is InChI=1S/C25H27ClFN9O2/c1-15-8-16(17-10-28-14-29-11-17)9-19(26)22(15)32-18-2-3-21(30-12-18)24(37)34-35-25-31-13-20(27)23(33-25)36-4-6-38-7-5-36/h2-3,9-16,22,32H,4-8H2,1H3,(H,34,37)(H,31,33,35). The van der Waals surface area contributed by atoms with E-state index in [2.05, 4.69) is 48.0 Å². The summed E-state index contributed by atoms with van der Waals surface area (Å²) in [5.41, 5.74) is 7.07. The summed E-state index contributed by atoms with van der Waals surface area (Å²) in [6.07, 6.45) is 10.7. The average molecular weight is 540 g/mol. The number of nitrogens with one attached hydrogen (secondary N) is 3. The first-order chi connectivity index (χ1) is 18.5. The van der Waals surface area contributed by atoms with Crippen molar-refractivity contribution in [1.29, 1.82) is 0 Å². The van der Waals surface area contributed by atoms with Crippen molar-refractivity contribution in [2.75, 3.05) is 41.9 Å². The molecule has 0 bridgehead atoms. The van der Waals surface area contributed by atoms with Crippen LogP contribution in [-0.2, 0) is 4.74 Å². The van der Waals surface area contributed by atoms with Crippen molar-refractivity contribution in [3.63, 3.8) is 0 Å². The lowest BCUT2D eigenvalue weighted by Crippen LogP contribution is -2.38. The van der Waals surface area contributed by atoms with E-state index >= 15 is 0 Å². The molecule has 1 aliphatic heterocycles. The van der Waals surface area contributed by atoms with Crippen LogP contribution in [0.4, 0.5) is 21.8 Å². The van der Waals surface area contributed by atoms with Crippen molar-refractivity contribution in [2.45, 2.75) is 25.3 Å². The molecule has 0 aromatic carbocycles. The molecule has 13 heteroatoms. The first-order valence-corrected chi connectivity index (χ1v) is 12.6. The molecule has 0 radical (unpaired) electrons. The van der Waals surface area contributed by atoms with Gasteiger partial charge in [-0.1, -0.05) is 24.6 Å². The molecular formula is C25H27ClFN9O2. The molecule has 4 heterocycles. The Morgan fingerprint density at radius 1 is 1.13 bits per heavy atom. The van der Waals surface area contributed by atoms with Gasteiger partial charge in [-0.05, 0) is 30.0 Å². The zero-order valence-electron chi connectivity index (χ0n) is 20.6. The molecule has 11 nitrogen and oxygen atoms in total. The first kappa shape index (κ1) is 25.7. The number of carbonyl (C=O) groups is 1. The van der Waals surface area contributed by atoms with Crippen LogP contribution in [0.5, 0.6) is 0 Å². The Labute approximate surface area is 223 Å². The Morgan fingerprint density at radius 2 is 1.92 bits per heavy atom. The number of halogens is 2. The molecular weight excluding hydrogens is 513 g/mol. The number of pyridine rings is 1. The zero-order valence-corrected chi connectivity index (χ0v) is 21.4. The molecule has 3 unspecified atom stereocenters. The topological polar surface area (TPSA) is 130 Å². The van der Waals surface area contributed by atoms with Crippen LogP contribution in [0.3, 0.4) is 0 Å². The van der Waals surface area contributed by atoms with Gasteiger partial charge < -0.3 is 15.0 Å². The number of anilines is 3. The minimum absolute atomic E-state index is 0.0626. The van der Waals surface area contributed by atoms with E-state index in [-0.39, 0.29) is 35.3 Å². The van der Waals surface area contributed by atoms with Gasteiger partial charge in [-0.3, -0.25) is 15.6 Å². The summed E-state index contributed by atoms with van der Waals surface area (Å²) < 4.78 is 19.5. The number of rotatable bonds is 7. The van der Waals surface area contributed by atoms with Crippen molar-refractivity contribution in [3.8, 4) is 0 Å². The zero-order chi connectivity index (χ0) is 26.5. The number of ether oxygens (including phenoxy) is 1.